The van der Waals surface area contributed by atoms with Crippen molar-refractivity contribution in [3.8, 4) is 0 Å². The van der Waals surface area contributed by atoms with E-state index in [9.17, 15) is 0 Å². The van der Waals surface area contributed by atoms with Crippen LogP contribution in [0.1, 0.15) is 6.92 Å². The Hall–Kier alpha value is -0.580. The third-order valence-electron chi connectivity index (χ3n) is 2.77. The molecule has 2 N–H and O–H groups in total. The van der Waals surface area contributed by atoms with Crippen molar-refractivity contribution in [3.63, 3.8) is 0 Å². The maximum absolute atomic E-state index is 6.05. The Bertz CT molecular complexity index is 568. The van der Waals surface area contributed by atoms with Crippen molar-refractivity contribution in [2.45, 2.75) is 13.5 Å². The van der Waals surface area contributed by atoms with Crippen molar-refractivity contribution >= 4 is 51.9 Å². The number of nitrogens with zero attached hydrogens (tertiary/aromatic N) is 2. The first-order valence-electron chi connectivity index (χ1n) is 5.62. The van der Waals surface area contributed by atoms with Crippen LogP contribution in [0.15, 0.2) is 12.1 Å². The number of fused-ring (bicyclic) bond motifs is 1. The molecule has 1 atom stereocenters. The van der Waals surface area contributed by atoms with E-state index >= 15 is 0 Å². The number of nitrogens with two attached hydrogens (primary N) is 1. The van der Waals surface area contributed by atoms with E-state index < -0.39 is 0 Å². The molecule has 18 heavy (non-hydrogen) atoms. The van der Waals surface area contributed by atoms with Gasteiger partial charge >= 0.3 is 0 Å². The van der Waals surface area contributed by atoms with Crippen LogP contribution in [0.5, 0.6) is 0 Å². The van der Waals surface area contributed by atoms with E-state index in [2.05, 4.69) is 18.2 Å². The molecule has 1 aromatic carbocycles. The van der Waals surface area contributed by atoms with E-state index in [0.717, 1.165) is 23.3 Å². The number of benzene rings is 1. The molecule has 0 bridgehead atoms. The van der Waals surface area contributed by atoms with Crippen molar-refractivity contribution < 1.29 is 0 Å². The summed E-state index contributed by atoms with van der Waals surface area (Å²) in [6, 6.07) is 3.58. The maximum atomic E-state index is 6.05. The molecule has 1 aromatic heterocycles. The standard InChI is InChI=1S/C12H15Cl2N3S/c1-7(6-18-2)5-17-11-4-9(14)8(13)3-10(11)16-12(17)15/h3-4,7H,5-6H2,1-2H3,(H2,15,16). The lowest BCUT2D eigenvalue weighted by atomic mass is 10.2. The van der Waals surface area contributed by atoms with Gasteiger partial charge in [0.2, 0.25) is 5.95 Å². The van der Waals surface area contributed by atoms with Crippen LogP contribution in [0.3, 0.4) is 0 Å². The molecule has 0 fully saturated rings. The number of rotatable bonds is 4. The second-order valence-corrected chi connectivity index (χ2v) is 6.12. The van der Waals surface area contributed by atoms with Crippen molar-refractivity contribution in [2.24, 2.45) is 5.92 Å². The summed E-state index contributed by atoms with van der Waals surface area (Å²) >= 11 is 13.9. The van der Waals surface area contributed by atoms with Gasteiger partial charge in [0, 0.05) is 6.54 Å². The first-order valence-corrected chi connectivity index (χ1v) is 7.77. The first-order chi connectivity index (χ1) is 8.52. The van der Waals surface area contributed by atoms with Crippen LogP contribution in [0.4, 0.5) is 5.95 Å². The lowest BCUT2D eigenvalue weighted by Crippen LogP contribution is -2.12. The molecule has 2 rings (SSSR count). The van der Waals surface area contributed by atoms with Gasteiger partial charge in [-0.15, -0.1) is 0 Å². The van der Waals surface area contributed by atoms with Crippen molar-refractivity contribution in [3.05, 3.63) is 22.2 Å². The summed E-state index contributed by atoms with van der Waals surface area (Å²) in [5.74, 6) is 2.12. The highest BCUT2D eigenvalue weighted by Crippen LogP contribution is 2.29. The molecular formula is C12H15Cl2N3S. The SMILES string of the molecule is CSCC(C)Cn1c(N)nc2cc(Cl)c(Cl)cc21. The van der Waals surface area contributed by atoms with E-state index in [1.165, 1.54) is 0 Å². The Morgan fingerprint density at radius 3 is 2.72 bits per heavy atom. The summed E-state index contributed by atoms with van der Waals surface area (Å²) in [6.45, 7) is 3.03. The fraction of sp³-hybridized carbons (Fsp3) is 0.417. The van der Waals surface area contributed by atoms with Gasteiger partial charge in [0.25, 0.3) is 0 Å². The number of halogens is 2. The van der Waals surface area contributed by atoms with Crippen LogP contribution in [-0.2, 0) is 6.54 Å². The molecule has 0 aliphatic rings. The number of anilines is 1. The van der Waals surface area contributed by atoms with E-state index in [1.54, 1.807) is 6.07 Å². The van der Waals surface area contributed by atoms with Crippen LogP contribution >= 0.6 is 35.0 Å². The van der Waals surface area contributed by atoms with Gasteiger partial charge in [0.05, 0.1) is 21.1 Å². The smallest absolute Gasteiger partial charge is 0.201 e. The highest BCUT2D eigenvalue weighted by molar-refractivity contribution is 7.98. The Labute approximate surface area is 121 Å². The Kier molecular flexibility index (Phi) is 4.30. The minimum atomic E-state index is 0.506. The Morgan fingerprint density at radius 2 is 2.06 bits per heavy atom. The van der Waals surface area contributed by atoms with Gasteiger partial charge in [-0.1, -0.05) is 30.1 Å². The van der Waals surface area contributed by atoms with E-state index in [4.69, 9.17) is 28.9 Å². The third kappa shape index (κ3) is 2.71. The molecule has 1 heterocycles. The van der Waals surface area contributed by atoms with E-state index in [1.807, 2.05) is 22.4 Å². The second-order valence-electron chi connectivity index (χ2n) is 4.40. The monoisotopic (exact) mass is 303 g/mol. The number of thioether (sulfide) groups is 1. The molecule has 0 radical (unpaired) electrons. The molecule has 98 valence electrons. The zero-order chi connectivity index (χ0) is 13.3. The quantitative estimate of drug-likeness (QED) is 0.931. The van der Waals surface area contributed by atoms with Gasteiger partial charge in [0.15, 0.2) is 0 Å². The summed E-state index contributed by atoms with van der Waals surface area (Å²) in [5.41, 5.74) is 7.69. The molecule has 1 unspecified atom stereocenters. The zero-order valence-electron chi connectivity index (χ0n) is 10.3. The zero-order valence-corrected chi connectivity index (χ0v) is 12.6. The second kappa shape index (κ2) is 5.59. The topological polar surface area (TPSA) is 43.8 Å². The van der Waals surface area contributed by atoms with Gasteiger partial charge in [-0.2, -0.15) is 11.8 Å². The van der Waals surface area contributed by atoms with Crippen LogP contribution in [-0.4, -0.2) is 21.6 Å². The molecule has 3 nitrogen and oxygen atoms in total. The molecular weight excluding hydrogens is 289 g/mol. The number of imidazole rings is 1. The van der Waals surface area contributed by atoms with Gasteiger partial charge in [-0.05, 0) is 30.1 Å². The average molecular weight is 304 g/mol. The summed E-state index contributed by atoms with van der Waals surface area (Å²) in [4.78, 5) is 4.32. The molecule has 0 aliphatic heterocycles. The number of hydrogen-bond acceptors (Lipinski definition) is 3. The summed E-state index contributed by atoms with van der Waals surface area (Å²) in [5, 5.41) is 1.04. The highest BCUT2D eigenvalue weighted by atomic mass is 35.5. The number of aromatic nitrogens is 2. The third-order valence-corrected chi connectivity index (χ3v) is 4.39. The predicted molar refractivity (Wildman–Crippen MR) is 81.7 cm³/mol. The molecule has 6 heteroatoms. The molecule has 0 spiro atoms. The minimum Gasteiger partial charge on any atom is -0.369 e. The van der Waals surface area contributed by atoms with Gasteiger partial charge in [0.1, 0.15) is 0 Å². The predicted octanol–water partition coefficient (Wildman–Crippen LogP) is 3.92. The normalized spacial score (nSPS) is 13.1. The maximum Gasteiger partial charge on any atom is 0.201 e. The summed E-state index contributed by atoms with van der Waals surface area (Å²) in [7, 11) is 0. The molecule has 0 saturated carbocycles. The molecule has 2 aromatic rings. The summed E-state index contributed by atoms with van der Waals surface area (Å²) in [6.07, 6.45) is 2.10. The first kappa shape index (κ1) is 13.8. The van der Waals surface area contributed by atoms with Crippen LogP contribution in [0.2, 0.25) is 10.0 Å². The lowest BCUT2D eigenvalue weighted by Gasteiger charge is -2.12. The fourth-order valence-electron chi connectivity index (χ4n) is 1.98. The van der Waals surface area contributed by atoms with Gasteiger partial charge in [-0.25, -0.2) is 4.98 Å². The summed E-state index contributed by atoms with van der Waals surface area (Å²) < 4.78 is 2.00. The van der Waals surface area contributed by atoms with E-state index in [-0.39, 0.29) is 0 Å². The number of hydrogen-bond donors (Lipinski definition) is 1. The highest BCUT2D eigenvalue weighted by Gasteiger charge is 2.13. The number of nitrogen functional groups attached to an aromatic ring is 1. The Morgan fingerprint density at radius 1 is 1.39 bits per heavy atom. The van der Waals surface area contributed by atoms with Crippen LogP contribution in [0, 0.1) is 5.92 Å². The fourth-order valence-corrected chi connectivity index (χ4v) is 2.97. The van der Waals surface area contributed by atoms with Crippen molar-refractivity contribution in [1.82, 2.24) is 9.55 Å². The molecule has 0 amide bonds. The van der Waals surface area contributed by atoms with Crippen LogP contribution < -0.4 is 5.73 Å². The van der Waals surface area contributed by atoms with Crippen molar-refractivity contribution in [2.75, 3.05) is 17.7 Å². The molecule has 0 aliphatic carbocycles. The average Bonchev–Trinajstić information content (AvgIpc) is 2.57. The largest absolute Gasteiger partial charge is 0.369 e. The Balaban J connectivity index is 2.43. The van der Waals surface area contributed by atoms with E-state index in [0.29, 0.717) is 21.9 Å². The van der Waals surface area contributed by atoms with Crippen LogP contribution in [0.25, 0.3) is 11.0 Å². The van der Waals surface area contributed by atoms with Gasteiger partial charge in [-0.3, -0.25) is 0 Å². The lowest BCUT2D eigenvalue weighted by molar-refractivity contribution is 0.546. The van der Waals surface area contributed by atoms with Gasteiger partial charge < -0.3 is 10.3 Å². The van der Waals surface area contributed by atoms with Crippen molar-refractivity contribution in [1.29, 1.82) is 0 Å². The minimum absolute atomic E-state index is 0.506. The molecule has 0 saturated heterocycles.